The van der Waals surface area contributed by atoms with Gasteiger partial charge < -0.3 is 15.0 Å². The van der Waals surface area contributed by atoms with E-state index < -0.39 is 23.5 Å². The average molecular weight is 618 g/mol. The maximum atomic E-state index is 14.1. The number of ether oxygens (including phenoxy) is 1. The van der Waals surface area contributed by atoms with E-state index in [1.54, 1.807) is 0 Å². The number of thiophene rings is 1. The second-order valence-corrected chi connectivity index (χ2v) is 13.0. The maximum absolute atomic E-state index is 14.1. The summed E-state index contributed by atoms with van der Waals surface area (Å²) in [6, 6.07) is 22.0. The Hall–Kier alpha value is -4.00. The predicted octanol–water partition coefficient (Wildman–Crippen LogP) is 4.35. The standard InChI is InChI=1S/C30H27N5O4S3/c1-34(2)30-33-32-26(42-30)21-17-41-28-23(31-22(36)16-20-14-9-15-40-20)27(37)35(28)24(21)29(38)39-25(18-10-5-3-6-11-18)19-12-7-4-8-13-19/h3-15,23,25,28H,16-17H2,1-2H3,(H,31,36)/t23?,28-/m1/s1. The largest absolute Gasteiger partial charge is 0.448 e. The number of carbonyl (C=O) groups excluding carboxylic acids is 3. The van der Waals surface area contributed by atoms with Crippen molar-refractivity contribution in [3.05, 3.63) is 105 Å². The van der Waals surface area contributed by atoms with E-state index in [4.69, 9.17) is 4.74 Å². The Labute approximate surface area is 255 Å². The Kier molecular flexibility index (Phi) is 8.09. The molecule has 1 saturated heterocycles. The minimum Gasteiger partial charge on any atom is -0.448 e. The van der Waals surface area contributed by atoms with Crippen molar-refractivity contribution in [1.29, 1.82) is 0 Å². The van der Waals surface area contributed by atoms with E-state index in [0.29, 0.717) is 21.5 Å². The number of nitrogens with one attached hydrogen (secondary N) is 1. The first-order valence-electron chi connectivity index (χ1n) is 13.2. The van der Waals surface area contributed by atoms with Crippen molar-refractivity contribution in [3.8, 4) is 0 Å². The van der Waals surface area contributed by atoms with Gasteiger partial charge in [0, 0.05) is 30.3 Å². The summed E-state index contributed by atoms with van der Waals surface area (Å²) in [5.74, 6) is -0.821. The lowest BCUT2D eigenvalue weighted by molar-refractivity contribution is -0.154. The van der Waals surface area contributed by atoms with Crippen LogP contribution in [0.4, 0.5) is 5.13 Å². The van der Waals surface area contributed by atoms with Crippen LogP contribution in [-0.4, -0.2) is 64.1 Å². The number of hydrogen-bond donors (Lipinski definition) is 1. The van der Waals surface area contributed by atoms with Crippen LogP contribution in [0.5, 0.6) is 0 Å². The van der Waals surface area contributed by atoms with Gasteiger partial charge in [-0.1, -0.05) is 78.1 Å². The van der Waals surface area contributed by atoms with Crippen molar-refractivity contribution < 1.29 is 19.1 Å². The molecule has 42 heavy (non-hydrogen) atoms. The molecule has 9 nitrogen and oxygen atoms in total. The summed E-state index contributed by atoms with van der Waals surface area (Å²) in [5, 5.41) is 14.2. The van der Waals surface area contributed by atoms with E-state index >= 15 is 0 Å². The molecule has 1 fully saturated rings. The normalized spacial score (nSPS) is 18.0. The van der Waals surface area contributed by atoms with Crippen LogP contribution < -0.4 is 10.2 Å². The van der Waals surface area contributed by atoms with E-state index in [0.717, 1.165) is 16.0 Å². The molecule has 0 radical (unpaired) electrons. The number of esters is 1. The van der Waals surface area contributed by atoms with Gasteiger partial charge in [0.25, 0.3) is 5.91 Å². The van der Waals surface area contributed by atoms with Crippen molar-refractivity contribution >= 4 is 62.9 Å². The van der Waals surface area contributed by atoms with Gasteiger partial charge in [0.2, 0.25) is 11.0 Å². The number of fused-ring (bicyclic) bond motifs is 1. The SMILES string of the molecule is CN(C)c1nnc(C2=C(C(=O)OC(c3ccccc3)c3ccccc3)N3C(=O)C(NC(=O)Cc4cccs4)[C@H]3SC2)s1. The fourth-order valence-corrected chi connectivity index (χ4v) is 7.79. The van der Waals surface area contributed by atoms with Crippen LogP contribution in [0.25, 0.3) is 5.57 Å². The van der Waals surface area contributed by atoms with E-state index in [9.17, 15) is 14.4 Å². The number of hydrogen-bond acceptors (Lipinski definition) is 10. The number of amides is 2. The Balaban J connectivity index is 1.33. The molecule has 2 amide bonds. The quantitative estimate of drug-likeness (QED) is 0.218. The maximum Gasteiger partial charge on any atom is 0.356 e. The van der Waals surface area contributed by atoms with Gasteiger partial charge in [0.1, 0.15) is 22.1 Å². The van der Waals surface area contributed by atoms with Gasteiger partial charge in [-0.2, -0.15) is 0 Å². The third-order valence-corrected chi connectivity index (χ3v) is 10.2. The Morgan fingerprint density at radius 3 is 2.31 bits per heavy atom. The highest BCUT2D eigenvalue weighted by molar-refractivity contribution is 8.00. The van der Waals surface area contributed by atoms with Crippen LogP contribution in [0.1, 0.15) is 27.1 Å². The molecule has 4 heterocycles. The van der Waals surface area contributed by atoms with E-state index in [2.05, 4.69) is 15.5 Å². The van der Waals surface area contributed by atoms with Crippen LogP contribution in [0.15, 0.2) is 83.9 Å². The van der Waals surface area contributed by atoms with Crippen molar-refractivity contribution in [3.63, 3.8) is 0 Å². The summed E-state index contributed by atoms with van der Waals surface area (Å²) < 4.78 is 6.22. The first-order chi connectivity index (χ1) is 20.4. The number of benzene rings is 2. The van der Waals surface area contributed by atoms with Gasteiger partial charge in [0.15, 0.2) is 6.10 Å². The molecule has 6 rings (SSSR count). The molecule has 0 spiro atoms. The van der Waals surface area contributed by atoms with E-state index in [1.165, 1.54) is 39.3 Å². The van der Waals surface area contributed by atoms with Crippen molar-refractivity contribution in [1.82, 2.24) is 20.4 Å². The summed E-state index contributed by atoms with van der Waals surface area (Å²) in [6.45, 7) is 0. The molecule has 12 heteroatoms. The molecular formula is C30H27N5O4S3. The van der Waals surface area contributed by atoms with Crippen LogP contribution in [0.3, 0.4) is 0 Å². The molecular weight excluding hydrogens is 591 g/mol. The zero-order chi connectivity index (χ0) is 29.2. The number of β-lactam (4-membered cyclic amide) rings is 1. The van der Waals surface area contributed by atoms with Crippen LogP contribution in [0, 0.1) is 0 Å². The zero-order valence-corrected chi connectivity index (χ0v) is 25.2. The third-order valence-electron chi connectivity index (χ3n) is 6.88. The smallest absolute Gasteiger partial charge is 0.356 e. The number of anilines is 1. The van der Waals surface area contributed by atoms with Gasteiger partial charge in [-0.3, -0.25) is 14.5 Å². The molecule has 0 saturated carbocycles. The highest BCUT2D eigenvalue weighted by Crippen LogP contribution is 2.45. The summed E-state index contributed by atoms with van der Waals surface area (Å²) in [6.07, 6.45) is -0.492. The number of aromatic nitrogens is 2. The number of carbonyl (C=O) groups is 3. The number of nitrogens with zero attached hydrogens (tertiary/aromatic N) is 4. The predicted molar refractivity (Wildman–Crippen MR) is 165 cm³/mol. The Morgan fingerprint density at radius 2 is 1.71 bits per heavy atom. The highest BCUT2D eigenvalue weighted by Gasteiger charge is 2.55. The molecule has 2 atom stereocenters. The molecule has 2 aliphatic rings. The van der Waals surface area contributed by atoms with Crippen molar-refractivity contribution in [2.45, 2.75) is 23.9 Å². The molecule has 2 aromatic heterocycles. The lowest BCUT2D eigenvalue weighted by Gasteiger charge is -2.49. The van der Waals surface area contributed by atoms with Gasteiger partial charge in [0.05, 0.1) is 6.42 Å². The molecule has 214 valence electrons. The van der Waals surface area contributed by atoms with Crippen LogP contribution in [-0.2, 0) is 25.5 Å². The minimum absolute atomic E-state index is 0.144. The van der Waals surface area contributed by atoms with Gasteiger partial charge >= 0.3 is 5.97 Å². The third kappa shape index (κ3) is 5.57. The first kappa shape index (κ1) is 28.1. The molecule has 2 aliphatic heterocycles. The Morgan fingerprint density at radius 1 is 1.02 bits per heavy atom. The molecule has 0 bridgehead atoms. The molecule has 1 N–H and O–H groups in total. The molecule has 1 unspecified atom stereocenters. The lowest BCUT2D eigenvalue weighted by atomic mass is 10.0. The number of rotatable bonds is 9. The van der Waals surface area contributed by atoms with Gasteiger partial charge in [-0.25, -0.2) is 4.79 Å². The van der Waals surface area contributed by atoms with Crippen LogP contribution in [0.2, 0.25) is 0 Å². The summed E-state index contributed by atoms with van der Waals surface area (Å²) >= 11 is 4.31. The zero-order valence-electron chi connectivity index (χ0n) is 22.8. The van der Waals surface area contributed by atoms with Gasteiger partial charge in [-0.15, -0.1) is 33.3 Å². The fraction of sp³-hybridized carbons (Fsp3) is 0.233. The lowest BCUT2D eigenvalue weighted by Crippen LogP contribution is -2.70. The Bertz CT molecular complexity index is 1580. The molecule has 2 aromatic carbocycles. The topological polar surface area (TPSA) is 105 Å². The van der Waals surface area contributed by atoms with Crippen LogP contribution >= 0.6 is 34.4 Å². The monoisotopic (exact) mass is 617 g/mol. The number of thioether (sulfide) groups is 1. The minimum atomic E-state index is -0.738. The van der Waals surface area contributed by atoms with E-state index in [1.807, 2.05) is 97.2 Å². The summed E-state index contributed by atoms with van der Waals surface area (Å²) in [5.41, 5.74) is 2.34. The van der Waals surface area contributed by atoms with Crippen molar-refractivity contribution in [2.24, 2.45) is 0 Å². The summed E-state index contributed by atoms with van der Waals surface area (Å²) in [7, 11) is 3.73. The highest BCUT2D eigenvalue weighted by atomic mass is 32.2. The first-order valence-corrected chi connectivity index (χ1v) is 16.0. The summed E-state index contributed by atoms with van der Waals surface area (Å²) in [4.78, 5) is 44.7. The second-order valence-electron chi connectivity index (χ2n) is 9.93. The van der Waals surface area contributed by atoms with Gasteiger partial charge in [-0.05, 0) is 22.6 Å². The second kappa shape index (κ2) is 12.1. The molecule has 0 aliphatic carbocycles. The fourth-order valence-electron chi connectivity index (χ4n) is 4.83. The molecule has 4 aromatic rings. The van der Waals surface area contributed by atoms with E-state index in [-0.39, 0.29) is 23.9 Å². The average Bonchev–Trinajstić information content (AvgIpc) is 3.71. The van der Waals surface area contributed by atoms with Crippen molar-refractivity contribution in [2.75, 3.05) is 24.7 Å².